The number of urea groups is 1. The average molecular weight is 350 g/mol. The molecule has 0 aliphatic carbocycles. The molecule has 1 N–H and O–H groups in total. The van der Waals surface area contributed by atoms with Gasteiger partial charge in [-0.2, -0.15) is 0 Å². The number of carbonyl (C=O) groups is 1. The van der Waals surface area contributed by atoms with Crippen LogP contribution in [0.3, 0.4) is 0 Å². The number of likely N-dealkylation sites (N-methyl/N-ethyl adjacent to an activating group) is 1. The smallest absolute Gasteiger partial charge is 0.321 e. The molecule has 126 valence electrons. The van der Waals surface area contributed by atoms with Crippen molar-refractivity contribution in [3.05, 3.63) is 63.7 Å². The highest BCUT2D eigenvalue weighted by atomic mass is 35.5. The fourth-order valence-electron chi connectivity index (χ4n) is 1.87. The number of nitro groups is 1. The summed E-state index contributed by atoms with van der Waals surface area (Å²) in [5.41, 5.74) is 0.275. The Kier molecular flexibility index (Phi) is 5.97. The van der Waals surface area contributed by atoms with Gasteiger partial charge in [-0.15, -0.1) is 0 Å². The maximum atomic E-state index is 12.1. The third-order valence-corrected chi connectivity index (χ3v) is 3.38. The number of benzene rings is 2. The summed E-state index contributed by atoms with van der Waals surface area (Å²) in [6.45, 7) is 0.631. The third-order valence-electron chi connectivity index (χ3n) is 3.15. The Bertz CT molecular complexity index is 739. The van der Waals surface area contributed by atoms with Gasteiger partial charge < -0.3 is 15.0 Å². The number of amides is 2. The Morgan fingerprint density at radius 1 is 1.29 bits per heavy atom. The predicted octanol–water partition coefficient (Wildman–Crippen LogP) is 3.79. The van der Waals surface area contributed by atoms with Crippen LogP contribution in [-0.2, 0) is 0 Å². The summed E-state index contributed by atoms with van der Waals surface area (Å²) >= 11 is 5.86. The Morgan fingerprint density at radius 2 is 2.04 bits per heavy atom. The topological polar surface area (TPSA) is 84.7 Å². The first kappa shape index (κ1) is 17.6. The van der Waals surface area contributed by atoms with E-state index in [1.165, 1.54) is 23.1 Å². The van der Waals surface area contributed by atoms with Gasteiger partial charge in [-0.1, -0.05) is 23.7 Å². The van der Waals surface area contributed by atoms with Crippen LogP contribution >= 0.6 is 11.6 Å². The minimum Gasteiger partial charge on any atom is -0.492 e. The van der Waals surface area contributed by atoms with Gasteiger partial charge in [0, 0.05) is 29.9 Å². The Balaban J connectivity index is 1.84. The molecule has 24 heavy (non-hydrogen) atoms. The first-order valence-electron chi connectivity index (χ1n) is 7.10. The molecule has 2 aromatic carbocycles. The number of anilines is 1. The molecule has 0 unspecified atom stereocenters. The number of nitro benzene ring substituents is 1. The average Bonchev–Trinajstić information content (AvgIpc) is 2.55. The molecule has 2 rings (SSSR count). The van der Waals surface area contributed by atoms with Crippen molar-refractivity contribution in [2.24, 2.45) is 0 Å². The number of halogens is 1. The van der Waals surface area contributed by atoms with Gasteiger partial charge in [0.15, 0.2) is 0 Å². The molecule has 0 aliphatic rings. The Morgan fingerprint density at radius 3 is 2.75 bits per heavy atom. The van der Waals surface area contributed by atoms with Crippen molar-refractivity contribution in [3.8, 4) is 5.75 Å². The van der Waals surface area contributed by atoms with E-state index in [0.717, 1.165) is 0 Å². The summed E-state index contributed by atoms with van der Waals surface area (Å²) in [6, 6.07) is 12.3. The van der Waals surface area contributed by atoms with E-state index in [2.05, 4.69) is 5.32 Å². The first-order chi connectivity index (χ1) is 11.5. The first-order valence-corrected chi connectivity index (χ1v) is 7.48. The van der Waals surface area contributed by atoms with Crippen LogP contribution in [0.25, 0.3) is 0 Å². The van der Waals surface area contributed by atoms with Gasteiger partial charge in [0.2, 0.25) is 0 Å². The predicted molar refractivity (Wildman–Crippen MR) is 91.7 cm³/mol. The molecule has 0 spiro atoms. The van der Waals surface area contributed by atoms with Crippen LogP contribution in [-0.4, -0.2) is 36.1 Å². The molecule has 7 nitrogen and oxygen atoms in total. The summed E-state index contributed by atoms with van der Waals surface area (Å²) in [5, 5.41) is 13.9. The summed E-state index contributed by atoms with van der Waals surface area (Å²) < 4.78 is 5.51. The Hall–Kier alpha value is -2.80. The molecule has 2 aromatic rings. The standard InChI is InChI=1S/C16H16ClN3O4/c1-19(8-9-24-15-7-2-4-12(17)10-15)16(21)18-13-5-3-6-14(11-13)20(22)23/h2-7,10-11H,8-9H2,1H3,(H,18,21). The second kappa shape index (κ2) is 8.16. The number of hydrogen-bond acceptors (Lipinski definition) is 4. The number of hydrogen-bond donors (Lipinski definition) is 1. The highest BCUT2D eigenvalue weighted by Crippen LogP contribution is 2.18. The number of carbonyl (C=O) groups excluding carboxylic acids is 1. The molecule has 8 heteroatoms. The van der Waals surface area contributed by atoms with E-state index in [-0.39, 0.29) is 11.7 Å². The van der Waals surface area contributed by atoms with Crippen molar-refractivity contribution in [2.45, 2.75) is 0 Å². The van der Waals surface area contributed by atoms with Crippen molar-refractivity contribution < 1.29 is 14.5 Å². The second-order valence-corrected chi connectivity index (χ2v) is 5.40. The quantitative estimate of drug-likeness (QED) is 0.635. The lowest BCUT2D eigenvalue weighted by Gasteiger charge is -2.18. The van der Waals surface area contributed by atoms with E-state index < -0.39 is 4.92 Å². The highest BCUT2D eigenvalue weighted by Gasteiger charge is 2.11. The van der Waals surface area contributed by atoms with Crippen LogP contribution in [0.15, 0.2) is 48.5 Å². The molecule has 0 saturated carbocycles. The van der Waals surface area contributed by atoms with E-state index in [4.69, 9.17) is 16.3 Å². The van der Waals surface area contributed by atoms with Gasteiger partial charge in [-0.3, -0.25) is 10.1 Å². The largest absolute Gasteiger partial charge is 0.492 e. The summed E-state index contributed by atoms with van der Waals surface area (Å²) in [7, 11) is 1.61. The molecule has 0 heterocycles. The molecule has 0 fully saturated rings. The number of ether oxygens (including phenoxy) is 1. The molecule has 0 bridgehead atoms. The second-order valence-electron chi connectivity index (χ2n) is 4.96. The number of nitrogens with one attached hydrogen (secondary N) is 1. The van der Waals surface area contributed by atoms with E-state index in [0.29, 0.717) is 29.6 Å². The van der Waals surface area contributed by atoms with Crippen molar-refractivity contribution in [1.82, 2.24) is 4.90 Å². The summed E-state index contributed by atoms with van der Waals surface area (Å²) in [5.74, 6) is 0.620. The lowest BCUT2D eigenvalue weighted by molar-refractivity contribution is -0.384. The van der Waals surface area contributed by atoms with Gasteiger partial charge in [-0.25, -0.2) is 4.79 Å². The molecule has 2 amide bonds. The van der Waals surface area contributed by atoms with Crippen molar-refractivity contribution in [2.75, 3.05) is 25.5 Å². The lowest BCUT2D eigenvalue weighted by atomic mass is 10.3. The fourth-order valence-corrected chi connectivity index (χ4v) is 2.06. The van der Waals surface area contributed by atoms with Gasteiger partial charge in [0.1, 0.15) is 12.4 Å². The fraction of sp³-hybridized carbons (Fsp3) is 0.188. The van der Waals surface area contributed by atoms with E-state index in [1.807, 2.05) is 0 Å². The number of non-ortho nitro benzene ring substituents is 1. The van der Waals surface area contributed by atoms with Gasteiger partial charge in [0.25, 0.3) is 5.69 Å². The molecule has 0 aromatic heterocycles. The molecule has 0 radical (unpaired) electrons. The zero-order valence-electron chi connectivity index (χ0n) is 12.9. The highest BCUT2D eigenvalue weighted by molar-refractivity contribution is 6.30. The van der Waals surface area contributed by atoms with Crippen LogP contribution in [0.4, 0.5) is 16.2 Å². The van der Waals surface area contributed by atoms with Gasteiger partial charge in [-0.05, 0) is 24.3 Å². The molecule has 0 atom stereocenters. The molecule has 0 aliphatic heterocycles. The van der Waals surface area contributed by atoms with E-state index in [1.54, 1.807) is 37.4 Å². The van der Waals surface area contributed by atoms with E-state index >= 15 is 0 Å². The summed E-state index contributed by atoms with van der Waals surface area (Å²) in [4.78, 5) is 23.7. The maximum Gasteiger partial charge on any atom is 0.321 e. The zero-order valence-corrected chi connectivity index (χ0v) is 13.7. The maximum absolute atomic E-state index is 12.1. The van der Waals surface area contributed by atoms with Gasteiger partial charge >= 0.3 is 6.03 Å². The Labute approximate surface area is 143 Å². The number of rotatable bonds is 6. The van der Waals surface area contributed by atoms with Gasteiger partial charge in [0.05, 0.1) is 11.5 Å². The van der Waals surface area contributed by atoms with E-state index in [9.17, 15) is 14.9 Å². The van der Waals surface area contributed by atoms with Crippen molar-refractivity contribution in [3.63, 3.8) is 0 Å². The van der Waals surface area contributed by atoms with Crippen LogP contribution in [0.5, 0.6) is 5.75 Å². The lowest BCUT2D eigenvalue weighted by Crippen LogP contribution is -2.34. The van der Waals surface area contributed by atoms with Crippen molar-refractivity contribution in [1.29, 1.82) is 0 Å². The summed E-state index contributed by atoms with van der Waals surface area (Å²) in [6.07, 6.45) is 0. The normalized spacial score (nSPS) is 10.1. The zero-order chi connectivity index (χ0) is 17.5. The van der Waals surface area contributed by atoms with Crippen LogP contribution in [0.1, 0.15) is 0 Å². The minimum absolute atomic E-state index is 0.0836. The SMILES string of the molecule is CN(CCOc1cccc(Cl)c1)C(=O)Nc1cccc([N+](=O)[O-])c1. The molecular weight excluding hydrogens is 334 g/mol. The number of nitrogens with zero attached hydrogens (tertiary/aromatic N) is 2. The molecule has 0 saturated heterocycles. The minimum atomic E-state index is -0.516. The van der Waals surface area contributed by atoms with Crippen LogP contribution in [0.2, 0.25) is 5.02 Å². The monoisotopic (exact) mass is 349 g/mol. The molecular formula is C16H16ClN3O4. The van der Waals surface area contributed by atoms with Crippen molar-refractivity contribution >= 4 is 29.0 Å². The third kappa shape index (κ3) is 5.13. The van der Waals surface area contributed by atoms with Crippen LogP contribution in [0, 0.1) is 10.1 Å². The van der Waals surface area contributed by atoms with Crippen LogP contribution < -0.4 is 10.1 Å².